The lowest BCUT2D eigenvalue weighted by atomic mass is 10.1. The largest absolute Gasteiger partial charge is 0.416 e. The Morgan fingerprint density at radius 2 is 1.93 bits per heavy atom. The molecule has 1 atom stereocenters. The smallest absolute Gasteiger partial charge is 0.362 e. The third kappa shape index (κ3) is 4.15. The van der Waals surface area contributed by atoms with E-state index in [1.165, 1.54) is 17.7 Å². The molecule has 0 radical (unpaired) electrons. The highest BCUT2D eigenvalue weighted by molar-refractivity contribution is 5.94. The summed E-state index contributed by atoms with van der Waals surface area (Å²) in [6, 6.07) is 16.1. The molecule has 0 unspecified atom stereocenters. The molecule has 0 saturated heterocycles. The summed E-state index contributed by atoms with van der Waals surface area (Å²) in [6.45, 7) is 1.04. The molecule has 0 saturated carbocycles. The van der Waals surface area contributed by atoms with Gasteiger partial charge in [0.15, 0.2) is 0 Å². The van der Waals surface area contributed by atoms with Crippen LogP contribution in [-0.4, -0.2) is 24.0 Å². The van der Waals surface area contributed by atoms with Crippen LogP contribution in [-0.2, 0) is 12.6 Å². The van der Waals surface area contributed by atoms with Crippen LogP contribution in [0.25, 0.3) is 0 Å². The molecular formula is C23H20F3N3O. The third-order valence-electron chi connectivity index (χ3n) is 5.28. The number of hydrogen-bond acceptors (Lipinski definition) is 3. The third-order valence-corrected chi connectivity index (χ3v) is 5.28. The predicted molar refractivity (Wildman–Crippen MR) is 108 cm³/mol. The van der Waals surface area contributed by atoms with E-state index in [2.05, 4.69) is 21.3 Å². The molecule has 1 aromatic heterocycles. The molecule has 1 N–H and O–H groups in total. The van der Waals surface area contributed by atoms with Crippen molar-refractivity contribution in [3.63, 3.8) is 0 Å². The molecule has 4 rings (SSSR count). The van der Waals surface area contributed by atoms with Gasteiger partial charge in [-0.3, -0.25) is 9.78 Å². The van der Waals surface area contributed by atoms with Gasteiger partial charge in [0, 0.05) is 36.7 Å². The molecule has 2 heterocycles. The van der Waals surface area contributed by atoms with Crippen LogP contribution in [0, 0.1) is 0 Å². The highest BCUT2D eigenvalue weighted by Gasteiger charge is 2.31. The molecule has 0 fully saturated rings. The minimum absolute atomic E-state index is 0.0171. The second-order valence-electron chi connectivity index (χ2n) is 7.16. The fourth-order valence-electron chi connectivity index (χ4n) is 3.80. The zero-order valence-electron chi connectivity index (χ0n) is 16.1. The van der Waals surface area contributed by atoms with Crippen LogP contribution in [0.3, 0.4) is 0 Å². The maximum absolute atomic E-state index is 13.0. The summed E-state index contributed by atoms with van der Waals surface area (Å²) in [7, 11) is 0. The number of nitrogens with one attached hydrogen (secondary N) is 1. The zero-order chi connectivity index (χ0) is 21.1. The molecular weight excluding hydrogens is 391 g/mol. The number of pyridine rings is 1. The standard InChI is InChI=1S/C23H20F3N3O/c24-23(25,26)19-8-3-6-17(13-19)22(30)28-15-21(18-7-4-11-27-14-18)29-12-10-16-5-1-2-9-20(16)29/h1-9,11,13-14,21H,10,12,15H2,(H,28,30)/t21-/m1/s1. The summed E-state index contributed by atoms with van der Waals surface area (Å²) in [4.78, 5) is 19.0. The van der Waals surface area contributed by atoms with Crippen LogP contribution in [0.4, 0.5) is 18.9 Å². The lowest BCUT2D eigenvalue weighted by Crippen LogP contribution is -2.37. The fraction of sp³-hybridized carbons (Fsp3) is 0.217. The van der Waals surface area contributed by atoms with Crippen molar-refractivity contribution in [2.45, 2.75) is 18.6 Å². The van der Waals surface area contributed by atoms with Gasteiger partial charge in [0.2, 0.25) is 0 Å². The van der Waals surface area contributed by atoms with Crippen LogP contribution in [0.2, 0.25) is 0 Å². The number of amides is 1. The van der Waals surface area contributed by atoms with Crippen molar-refractivity contribution in [2.24, 2.45) is 0 Å². The summed E-state index contributed by atoms with van der Waals surface area (Å²) in [5, 5.41) is 2.81. The second kappa shape index (κ2) is 8.18. The normalized spacial score (nSPS) is 14.3. The number of carbonyl (C=O) groups excluding carboxylic acids is 1. The van der Waals surface area contributed by atoms with E-state index >= 15 is 0 Å². The van der Waals surface area contributed by atoms with Crippen LogP contribution >= 0.6 is 0 Å². The van der Waals surface area contributed by atoms with E-state index in [0.29, 0.717) is 0 Å². The summed E-state index contributed by atoms with van der Waals surface area (Å²) in [5.41, 5.74) is 2.40. The summed E-state index contributed by atoms with van der Waals surface area (Å²) in [6.07, 6.45) is -0.163. The lowest BCUT2D eigenvalue weighted by molar-refractivity contribution is -0.137. The van der Waals surface area contributed by atoms with Crippen LogP contribution in [0.1, 0.15) is 33.1 Å². The first kappa shape index (κ1) is 19.9. The maximum atomic E-state index is 13.0. The molecule has 0 bridgehead atoms. The maximum Gasteiger partial charge on any atom is 0.416 e. The number of carbonyl (C=O) groups is 1. The Hall–Kier alpha value is -3.35. The first-order chi connectivity index (χ1) is 14.4. The van der Waals surface area contributed by atoms with E-state index in [0.717, 1.165) is 36.3 Å². The number of halogens is 3. The van der Waals surface area contributed by atoms with Gasteiger partial charge in [0.05, 0.1) is 11.6 Å². The highest BCUT2D eigenvalue weighted by atomic mass is 19.4. The fourth-order valence-corrected chi connectivity index (χ4v) is 3.80. The molecule has 7 heteroatoms. The number of hydrogen-bond donors (Lipinski definition) is 1. The molecule has 1 amide bonds. The number of nitrogens with zero attached hydrogens (tertiary/aromatic N) is 2. The van der Waals surface area contributed by atoms with E-state index in [4.69, 9.17) is 0 Å². The first-order valence-corrected chi connectivity index (χ1v) is 9.63. The van der Waals surface area contributed by atoms with Gasteiger partial charge in [0.1, 0.15) is 0 Å². The van der Waals surface area contributed by atoms with Gasteiger partial charge in [-0.1, -0.05) is 30.3 Å². The van der Waals surface area contributed by atoms with E-state index in [1.807, 2.05) is 30.3 Å². The molecule has 0 aliphatic carbocycles. The zero-order valence-corrected chi connectivity index (χ0v) is 16.1. The minimum Gasteiger partial charge on any atom is -0.362 e. The highest BCUT2D eigenvalue weighted by Crippen LogP contribution is 2.34. The molecule has 1 aliphatic rings. The number of anilines is 1. The molecule has 1 aliphatic heterocycles. The number of benzene rings is 2. The van der Waals surface area contributed by atoms with Gasteiger partial charge >= 0.3 is 6.18 Å². The monoisotopic (exact) mass is 411 g/mol. The summed E-state index contributed by atoms with van der Waals surface area (Å²) < 4.78 is 38.9. The lowest BCUT2D eigenvalue weighted by Gasteiger charge is -2.31. The number of alkyl halides is 3. The Balaban J connectivity index is 1.56. The van der Waals surface area contributed by atoms with E-state index in [9.17, 15) is 18.0 Å². The van der Waals surface area contributed by atoms with E-state index in [-0.39, 0.29) is 18.2 Å². The van der Waals surface area contributed by atoms with Crippen LogP contribution < -0.4 is 10.2 Å². The van der Waals surface area contributed by atoms with Crippen molar-refractivity contribution in [1.82, 2.24) is 10.3 Å². The van der Waals surface area contributed by atoms with Crippen molar-refractivity contribution in [1.29, 1.82) is 0 Å². The van der Waals surface area contributed by atoms with E-state index in [1.54, 1.807) is 12.4 Å². The van der Waals surface area contributed by atoms with Crippen molar-refractivity contribution >= 4 is 11.6 Å². The minimum atomic E-state index is -4.49. The van der Waals surface area contributed by atoms with Gasteiger partial charge in [-0.25, -0.2) is 0 Å². The van der Waals surface area contributed by atoms with Gasteiger partial charge in [-0.2, -0.15) is 13.2 Å². The van der Waals surface area contributed by atoms with Crippen LogP contribution in [0.15, 0.2) is 73.1 Å². The number of fused-ring (bicyclic) bond motifs is 1. The SMILES string of the molecule is O=C(NC[C@H](c1cccnc1)N1CCc2ccccc21)c1cccc(C(F)(F)F)c1. The van der Waals surface area contributed by atoms with Gasteiger partial charge in [0.25, 0.3) is 5.91 Å². The summed E-state index contributed by atoms with van der Waals surface area (Å²) in [5.74, 6) is -0.539. The Kier molecular flexibility index (Phi) is 5.44. The first-order valence-electron chi connectivity index (χ1n) is 9.63. The molecule has 30 heavy (non-hydrogen) atoms. The molecule has 3 aromatic rings. The Bertz CT molecular complexity index is 1040. The average Bonchev–Trinajstić information content (AvgIpc) is 3.18. The molecule has 4 nitrogen and oxygen atoms in total. The summed E-state index contributed by atoms with van der Waals surface area (Å²) >= 11 is 0. The van der Waals surface area contributed by atoms with Gasteiger partial charge in [-0.15, -0.1) is 0 Å². The van der Waals surface area contributed by atoms with Crippen LogP contribution in [0.5, 0.6) is 0 Å². The second-order valence-corrected chi connectivity index (χ2v) is 7.16. The van der Waals surface area contributed by atoms with Crippen molar-refractivity contribution in [3.8, 4) is 0 Å². The molecule has 2 aromatic carbocycles. The quantitative estimate of drug-likeness (QED) is 0.666. The van der Waals surface area contributed by atoms with Gasteiger partial charge < -0.3 is 10.2 Å². The average molecular weight is 411 g/mol. The Morgan fingerprint density at radius 1 is 1.10 bits per heavy atom. The number of rotatable bonds is 5. The number of para-hydroxylation sites is 1. The van der Waals surface area contributed by atoms with E-state index < -0.39 is 17.6 Å². The van der Waals surface area contributed by atoms with Crippen molar-refractivity contribution in [3.05, 3.63) is 95.3 Å². The predicted octanol–water partition coefficient (Wildman–Crippen LogP) is 4.63. The molecule has 154 valence electrons. The Morgan fingerprint density at radius 3 is 2.70 bits per heavy atom. The molecule has 0 spiro atoms. The topological polar surface area (TPSA) is 45.2 Å². The number of aromatic nitrogens is 1. The Labute approximate surface area is 172 Å². The van der Waals surface area contributed by atoms with Gasteiger partial charge in [-0.05, 0) is 47.9 Å². The van der Waals surface area contributed by atoms with Crippen molar-refractivity contribution < 1.29 is 18.0 Å². The van der Waals surface area contributed by atoms with Crippen molar-refractivity contribution in [2.75, 3.05) is 18.0 Å².